The summed E-state index contributed by atoms with van der Waals surface area (Å²) < 4.78 is 0. The summed E-state index contributed by atoms with van der Waals surface area (Å²) in [6.45, 7) is 1.51. The van der Waals surface area contributed by atoms with Gasteiger partial charge < -0.3 is 5.32 Å². The zero-order valence-corrected chi connectivity index (χ0v) is 12.9. The third kappa shape index (κ3) is 4.20. The highest BCUT2D eigenvalue weighted by molar-refractivity contribution is 7.97. The Kier molecular flexibility index (Phi) is 5.17. The van der Waals surface area contributed by atoms with Crippen LogP contribution in [0.25, 0.3) is 0 Å². The van der Waals surface area contributed by atoms with Crippen LogP contribution < -0.4 is 5.32 Å². The Hall–Kier alpha value is -2.07. The standard InChI is InChI=1S/C17H17NO2S/c1-12(19)15-4-3-5-16(10-15)18-17(20)14-8-6-13(7-9-14)11-21-2/h3-10H,11H2,1-2H3,(H,18,20). The van der Waals surface area contributed by atoms with Gasteiger partial charge in [-0.15, -0.1) is 0 Å². The zero-order chi connectivity index (χ0) is 15.2. The summed E-state index contributed by atoms with van der Waals surface area (Å²) in [4.78, 5) is 23.5. The van der Waals surface area contributed by atoms with Crippen LogP contribution in [0.2, 0.25) is 0 Å². The molecule has 0 bridgehead atoms. The van der Waals surface area contributed by atoms with Crippen LogP contribution >= 0.6 is 11.8 Å². The fraction of sp³-hybridized carbons (Fsp3) is 0.176. The molecule has 2 aromatic rings. The van der Waals surface area contributed by atoms with E-state index in [0.717, 1.165) is 5.75 Å². The lowest BCUT2D eigenvalue weighted by Crippen LogP contribution is -2.12. The van der Waals surface area contributed by atoms with Crippen molar-refractivity contribution in [3.8, 4) is 0 Å². The molecule has 0 radical (unpaired) electrons. The first kappa shape index (κ1) is 15.3. The topological polar surface area (TPSA) is 46.2 Å². The summed E-state index contributed by atoms with van der Waals surface area (Å²) in [5.41, 5.74) is 3.01. The Morgan fingerprint density at radius 1 is 1.05 bits per heavy atom. The number of carbonyl (C=O) groups is 2. The van der Waals surface area contributed by atoms with Gasteiger partial charge in [0.25, 0.3) is 5.91 Å². The molecule has 0 aromatic heterocycles. The fourth-order valence-electron chi connectivity index (χ4n) is 1.94. The van der Waals surface area contributed by atoms with Crippen molar-refractivity contribution in [2.45, 2.75) is 12.7 Å². The molecule has 21 heavy (non-hydrogen) atoms. The minimum Gasteiger partial charge on any atom is -0.322 e. The highest BCUT2D eigenvalue weighted by Crippen LogP contribution is 2.14. The molecule has 1 N–H and O–H groups in total. The highest BCUT2D eigenvalue weighted by Gasteiger charge is 2.07. The number of amides is 1. The summed E-state index contributed by atoms with van der Waals surface area (Å²) in [6, 6.07) is 14.5. The van der Waals surface area contributed by atoms with Crippen LogP contribution in [0, 0.1) is 0 Å². The minimum atomic E-state index is -0.175. The Morgan fingerprint density at radius 3 is 2.38 bits per heavy atom. The molecule has 0 atom stereocenters. The smallest absolute Gasteiger partial charge is 0.255 e. The van der Waals surface area contributed by atoms with Gasteiger partial charge in [0, 0.05) is 22.6 Å². The van der Waals surface area contributed by atoms with E-state index in [1.807, 2.05) is 30.5 Å². The van der Waals surface area contributed by atoms with Crippen molar-refractivity contribution in [1.82, 2.24) is 0 Å². The summed E-state index contributed by atoms with van der Waals surface area (Å²) >= 11 is 1.74. The summed E-state index contributed by atoms with van der Waals surface area (Å²) in [5.74, 6) is 0.738. The Labute approximate surface area is 128 Å². The summed E-state index contributed by atoms with van der Waals surface area (Å²) in [5, 5.41) is 2.81. The number of anilines is 1. The van der Waals surface area contributed by atoms with Gasteiger partial charge in [0.1, 0.15) is 0 Å². The van der Waals surface area contributed by atoms with Gasteiger partial charge in [0.15, 0.2) is 5.78 Å². The normalized spacial score (nSPS) is 10.2. The summed E-state index contributed by atoms with van der Waals surface area (Å²) in [6.07, 6.45) is 2.04. The first-order valence-electron chi connectivity index (χ1n) is 6.60. The molecule has 108 valence electrons. The molecule has 0 saturated carbocycles. The van der Waals surface area contributed by atoms with Gasteiger partial charge in [-0.05, 0) is 43.0 Å². The molecule has 2 aromatic carbocycles. The first-order valence-corrected chi connectivity index (χ1v) is 8.00. The minimum absolute atomic E-state index is 0.0208. The largest absolute Gasteiger partial charge is 0.322 e. The monoisotopic (exact) mass is 299 g/mol. The molecule has 0 unspecified atom stereocenters. The Morgan fingerprint density at radius 2 is 1.76 bits per heavy atom. The van der Waals surface area contributed by atoms with Crippen molar-refractivity contribution in [2.24, 2.45) is 0 Å². The van der Waals surface area contributed by atoms with Crippen LogP contribution in [0.4, 0.5) is 5.69 Å². The van der Waals surface area contributed by atoms with E-state index in [1.54, 1.807) is 36.0 Å². The van der Waals surface area contributed by atoms with E-state index in [4.69, 9.17) is 0 Å². The maximum absolute atomic E-state index is 12.2. The van der Waals surface area contributed by atoms with Gasteiger partial charge in [0.2, 0.25) is 0 Å². The average molecular weight is 299 g/mol. The maximum Gasteiger partial charge on any atom is 0.255 e. The van der Waals surface area contributed by atoms with E-state index >= 15 is 0 Å². The van der Waals surface area contributed by atoms with E-state index in [1.165, 1.54) is 12.5 Å². The number of Topliss-reactive ketones (excluding diaryl/α,β-unsaturated/α-hetero) is 1. The number of thioether (sulfide) groups is 1. The average Bonchev–Trinajstić information content (AvgIpc) is 2.48. The number of hydrogen-bond acceptors (Lipinski definition) is 3. The van der Waals surface area contributed by atoms with Crippen molar-refractivity contribution in [1.29, 1.82) is 0 Å². The Balaban J connectivity index is 2.10. The molecule has 2 rings (SSSR count). The van der Waals surface area contributed by atoms with Crippen molar-refractivity contribution >= 4 is 29.1 Å². The number of hydrogen-bond donors (Lipinski definition) is 1. The molecular formula is C17H17NO2S. The van der Waals surface area contributed by atoms with E-state index in [2.05, 4.69) is 5.32 Å². The SMILES string of the molecule is CSCc1ccc(C(=O)Nc2cccc(C(C)=O)c2)cc1. The number of benzene rings is 2. The maximum atomic E-state index is 12.2. The van der Waals surface area contributed by atoms with Gasteiger partial charge in [0.05, 0.1) is 0 Å². The quantitative estimate of drug-likeness (QED) is 0.849. The van der Waals surface area contributed by atoms with E-state index < -0.39 is 0 Å². The molecule has 1 amide bonds. The van der Waals surface area contributed by atoms with Crippen LogP contribution in [0.15, 0.2) is 48.5 Å². The van der Waals surface area contributed by atoms with Gasteiger partial charge >= 0.3 is 0 Å². The van der Waals surface area contributed by atoms with Gasteiger partial charge in [-0.1, -0.05) is 24.3 Å². The molecule has 0 fully saturated rings. The molecule has 0 aliphatic carbocycles. The lowest BCUT2D eigenvalue weighted by atomic mass is 10.1. The van der Waals surface area contributed by atoms with E-state index in [0.29, 0.717) is 16.8 Å². The zero-order valence-electron chi connectivity index (χ0n) is 12.1. The van der Waals surface area contributed by atoms with Crippen molar-refractivity contribution in [2.75, 3.05) is 11.6 Å². The predicted molar refractivity (Wildman–Crippen MR) is 88.1 cm³/mol. The molecule has 0 aliphatic heterocycles. The van der Waals surface area contributed by atoms with Crippen LogP contribution in [0.3, 0.4) is 0 Å². The molecule has 0 aliphatic rings. The summed E-state index contributed by atoms with van der Waals surface area (Å²) in [7, 11) is 0. The molecule has 3 nitrogen and oxygen atoms in total. The van der Waals surface area contributed by atoms with Gasteiger partial charge in [-0.25, -0.2) is 0 Å². The van der Waals surface area contributed by atoms with Crippen LogP contribution in [-0.4, -0.2) is 17.9 Å². The Bertz CT molecular complexity index is 650. The highest BCUT2D eigenvalue weighted by atomic mass is 32.2. The number of ketones is 1. The first-order chi connectivity index (χ1) is 10.1. The van der Waals surface area contributed by atoms with Crippen molar-refractivity contribution < 1.29 is 9.59 Å². The van der Waals surface area contributed by atoms with Crippen LogP contribution in [0.5, 0.6) is 0 Å². The van der Waals surface area contributed by atoms with E-state index in [9.17, 15) is 9.59 Å². The van der Waals surface area contributed by atoms with Gasteiger partial charge in [-0.2, -0.15) is 11.8 Å². The third-order valence-corrected chi connectivity index (χ3v) is 3.68. The second-order valence-corrected chi connectivity index (χ2v) is 5.59. The second-order valence-electron chi connectivity index (χ2n) is 4.72. The predicted octanol–water partition coefficient (Wildman–Crippen LogP) is 4.00. The molecule has 4 heteroatoms. The third-order valence-electron chi connectivity index (χ3n) is 3.05. The molecule has 0 saturated heterocycles. The van der Waals surface area contributed by atoms with E-state index in [-0.39, 0.29) is 11.7 Å². The number of nitrogens with one attached hydrogen (secondary N) is 1. The number of carbonyl (C=O) groups excluding carboxylic acids is 2. The van der Waals surface area contributed by atoms with Crippen LogP contribution in [-0.2, 0) is 5.75 Å². The lowest BCUT2D eigenvalue weighted by Gasteiger charge is -2.07. The number of rotatable bonds is 5. The van der Waals surface area contributed by atoms with Crippen LogP contribution in [0.1, 0.15) is 33.2 Å². The fourth-order valence-corrected chi connectivity index (χ4v) is 2.46. The molecule has 0 spiro atoms. The van der Waals surface area contributed by atoms with Crippen molar-refractivity contribution in [3.63, 3.8) is 0 Å². The lowest BCUT2D eigenvalue weighted by molar-refractivity contribution is 0.101. The molecular weight excluding hydrogens is 282 g/mol. The van der Waals surface area contributed by atoms with Crippen molar-refractivity contribution in [3.05, 3.63) is 65.2 Å². The van der Waals surface area contributed by atoms with Gasteiger partial charge in [-0.3, -0.25) is 9.59 Å². The second kappa shape index (κ2) is 7.09. The molecule has 0 heterocycles.